The van der Waals surface area contributed by atoms with Crippen molar-refractivity contribution in [2.45, 2.75) is 38.6 Å². The summed E-state index contributed by atoms with van der Waals surface area (Å²) in [4.78, 5) is 1.14. The van der Waals surface area contributed by atoms with E-state index in [1.807, 2.05) is 0 Å². The predicted molar refractivity (Wildman–Crippen MR) is 64.5 cm³/mol. The van der Waals surface area contributed by atoms with Gasteiger partial charge in [0.05, 0.1) is 17.2 Å². The summed E-state index contributed by atoms with van der Waals surface area (Å²) in [6, 6.07) is 0.0395. The molecule has 90 valence electrons. The lowest BCUT2D eigenvalue weighted by Gasteiger charge is -2.27. The number of hydrogen-bond donors (Lipinski definition) is 1. The minimum Gasteiger partial charge on any atom is -0.381 e. The first kappa shape index (κ1) is 12.0. The molecule has 2 N–H and O–H groups in total. The van der Waals surface area contributed by atoms with Gasteiger partial charge in [0.1, 0.15) is 0 Å². The van der Waals surface area contributed by atoms with Gasteiger partial charge in [0.2, 0.25) is 0 Å². The molecular formula is C11H19N3OS. The van der Waals surface area contributed by atoms with Crippen molar-refractivity contribution in [1.82, 2.24) is 9.59 Å². The van der Waals surface area contributed by atoms with Crippen LogP contribution in [0.3, 0.4) is 0 Å². The Morgan fingerprint density at radius 3 is 2.94 bits per heavy atom. The minimum atomic E-state index is 0.0395. The van der Waals surface area contributed by atoms with Crippen molar-refractivity contribution in [2.24, 2.45) is 11.7 Å². The Balaban J connectivity index is 2.12. The lowest BCUT2D eigenvalue weighted by Crippen LogP contribution is -2.29. The molecule has 0 bridgehead atoms. The van der Waals surface area contributed by atoms with Crippen LogP contribution in [-0.4, -0.2) is 22.8 Å². The van der Waals surface area contributed by atoms with Gasteiger partial charge in [0, 0.05) is 18.6 Å². The number of aromatic nitrogens is 2. The van der Waals surface area contributed by atoms with E-state index >= 15 is 0 Å². The average molecular weight is 241 g/mol. The molecule has 5 heteroatoms. The van der Waals surface area contributed by atoms with Crippen molar-refractivity contribution in [3.63, 3.8) is 0 Å². The first-order chi connectivity index (χ1) is 7.70. The zero-order valence-electron chi connectivity index (χ0n) is 9.85. The second kappa shape index (κ2) is 5.21. The molecule has 0 saturated carbocycles. The number of nitrogens with two attached hydrogens (primary N) is 1. The Morgan fingerprint density at radius 1 is 1.50 bits per heavy atom. The summed E-state index contributed by atoms with van der Waals surface area (Å²) < 4.78 is 9.52. The molecule has 0 amide bonds. The second-order valence-corrected chi connectivity index (χ2v) is 5.47. The minimum absolute atomic E-state index is 0.0395. The maximum absolute atomic E-state index is 6.30. The van der Waals surface area contributed by atoms with E-state index in [9.17, 15) is 0 Å². The largest absolute Gasteiger partial charge is 0.381 e. The van der Waals surface area contributed by atoms with Crippen molar-refractivity contribution < 1.29 is 4.74 Å². The molecule has 2 atom stereocenters. The lowest BCUT2D eigenvalue weighted by molar-refractivity contribution is 0.0450. The quantitative estimate of drug-likeness (QED) is 0.880. The van der Waals surface area contributed by atoms with Gasteiger partial charge in [-0.3, -0.25) is 0 Å². The Hall–Kier alpha value is -0.520. The van der Waals surface area contributed by atoms with Gasteiger partial charge in [-0.1, -0.05) is 18.3 Å². The maximum Gasteiger partial charge on any atom is 0.0829 e. The van der Waals surface area contributed by atoms with E-state index in [4.69, 9.17) is 10.5 Å². The Labute approximate surface area is 100 Å². The number of rotatable bonds is 3. The highest BCUT2D eigenvalue weighted by molar-refractivity contribution is 7.05. The van der Waals surface area contributed by atoms with Gasteiger partial charge in [-0.25, -0.2) is 0 Å². The van der Waals surface area contributed by atoms with Crippen LogP contribution in [0.1, 0.15) is 49.2 Å². The zero-order chi connectivity index (χ0) is 11.5. The van der Waals surface area contributed by atoms with E-state index in [0.29, 0.717) is 11.8 Å². The van der Waals surface area contributed by atoms with Gasteiger partial charge in [-0.2, -0.15) is 0 Å². The normalized spacial score (nSPS) is 23.6. The summed E-state index contributed by atoms with van der Waals surface area (Å²) in [5, 5.41) is 4.18. The first-order valence-electron chi connectivity index (χ1n) is 5.85. The van der Waals surface area contributed by atoms with E-state index in [-0.39, 0.29) is 6.04 Å². The highest BCUT2D eigenvalue weighted by atomic mass is 32.1. The SMILES string of the molecule is CC(C)c1nnsc1C(N)C1CCCOC1. The van der Waals surface area contributed by atoms with E-state index < -0.39 is 0 Å². The third-order valence-corrected chi connectivity index (χ3v) is 3.93. The molecule has 0 radical (unpaired) electrons. The highest BCUT2D eigenvalue weighted by Crippen LogP contribution is 2.32. The first-order valence-corrected chi connectivity index (χ1v) is 6.63. The summed E-state index contributed by atoms with van der Waals surface area (Å²) in [6.45, 7) is 5.91. The van der Waals surface area contributed by atoms with Gasteiger partial charge in [0.25, 0.3) is 0 Å². The van der Waals surface area contributed by atoms with Crippen LogP contribution in [0.2, 0.25) is 0 Å². The molecule has 1 aromatic rings. The maximum atomic E-state index is 6.30. The average Bonchev–Trinajstić information content (AvgIpc) is 2.78. The second-order valence-electron chi connectivity index (χ2n) is 4.68. The summed E-state index contributed by atoms with van der Waals surface area (Å²) in [6.07, 6.45) is 2.26. The van der Waals surface area contributed by atoms with Gasteiger partial charge >= 0.3 is 0 Å². The van der Waals surface area contributed by atoms with Crippen LogP contribution in [0.25, 0.3) is 0 Å². The van der Waals surface area contributed by atoms with E-state index in [1.54, 1.807) is 0 Å². The summed E-state index contributed by atoms with van der Waals surface area (Å²) in [5.74, 6) is 0.817. The fourth-order valence-corrected chi connectivity index (χ4v) is 3.00. The molecule has 1 aromatic heterocycles. The van der Waals surface area contributed by atoms with Crippen molar-refractivity contribution in [2.75, 3.05) is 13.2 Å². The molecule has 0 spiro atoms. The van der Waals surface area contributed by atoms with Crippen LogP contribution in [0.5, 0.6) is 0 Å². The van der Waals surface area contributed by atoms with Gasteiger partial charge in [-0.05, 0) is 30.3 Å². The molecular weight excluding hydrogens is 222 g/mol. The summed E-state index contributed by atoms with van der Waals surface area (Å²) in [7, 11) is 0. The van der Waals surface area contributed by atoms with Crippen molar-refractivity contribution in [3.05, 3.63) is 10.6 Å². The molecule has 16 heavy (non-hydrogen) atoms. The van der Waals surface area contributed by atoms with E-state index in [0.717, 1.165) is 36.6 Å². The third kappa shape index (κ3) is 2.42. The topological polar surface area (TPSA) is 61.0 Å². The van der Waals surface area contributed by atoms with Gasteiger partial charge < -0.3 is 10.5 Å². The molecule has 2 unspecified atom stereocenters. The van der Waals surface area contributed by atoms with Crippen molar-refractivity contribution >= 4 is 11.5 Å². The number of nitrogens with zero attached hydrogens (tertiary/aromatic N) is 2. The Kier molecular flexibility index (Phi) is 3.89. The fourth-order valence-electron chi connectivity index (χ4n) is 2.10. The summed E-state index contributed by atoms with van der Waals surface area (Å²) in [5.41, 5.74) is 7.36. The molecule has 4 nitrogen and oxygen atoms in total. The van der Waals surface area contributed by atoms with Crippen LogP contribution in [0.15, 0.2) is 0 Å². The van der Waals surface area contributed by atoms with Crippen molar-refractivity contribution in [3.8, 4) is 0 Å². The molecule has 2 rings (SSSR count). The molecule has 2 heterocycles. The molecule has 1 aliphatic rings. The zero-order valence-corrected chi connectivity index (χ0v) is 10.7. The van der Waals surface area contributed by atoms with Crippen molar-refractivity contribution in [1.29, 1.82) is 0 Å². The van der Waals surface area contributed by atoms with Crippen LogP contribution < -0.4 is 5.73 Å². The lowest BCUT2D eigenvalue weighted by atomic mass is 9.91. The van der Waals surface area contributed by atoms with Gasteiger partial charge in [0.15, 0.2) is 0 Å². The number of ether oxygens (including phenoxy) is 1. The molecule has 0 aromatic carbocycles. The van der Waals surface area contributed by atoms with Crippen LogP contribution in [0, 0.1) is 5.92 Å². The summed E-state index contributed by atoms with van der Waals surface area (Å²) >= 11 is 1.44. The fraction of sp³-hybridized carbons (Fsp3) is 0.818. The molecule has 1 fully saturated rings. The molecule has 1 aliphatic heterocycles. The van der Waals surface area contributed by atoms with Crippen LogP contribution in [0.4, 0.5) is 0 Å². The van der Waals surface area contributed by atoms with Crippen LogP contribution >= 0.6 is 11.5 Å². The van der Waals surface area contributed by atoms with E-state index in [2.05, 4.69) is 23.4 Å². The third-order valence-electron chi connectivity index (χ3n) is 3.09. The highest BCUT2D eigenvalue weighted by Gasteiger charge is 2.27. The van der Waals surface area contributed by atoms with E-state index in [1.165, 1.54) is 11.5 Å². The molecule has 0 aliphatic carbocycles. The monoisotopic (exact) mass is 241 g/mol. The predicted octanol–water partition coefficient (Wildman–Crippen LogP) is 2.09. The Bertz CT molecular complexity index is 334. The smallest absolute Gasteiger partial charge is 0.0829 e. The standard InChI is InChI=1S/C11H19N3OS/c1-7(2)10-11(16-14-13-10)9(12)8-4-3-5-15-6-8/h7-9H,3-6,12H2,1-2H3. The molecule has 1 saturated heterocycles. The van der Waals surface area contributed by atoms with Gasteiger partial charge in [-0.15, -0.1) is 5.10 Å². The van der Waals surface area contributed by atoms with Crippen LogP contribution in [-0.2, 0) is 4.74 Å². The number of hydrogen-bond acceptors (Lipinski definition) is 5. The Morgan fingerprint density at radius 2 is 2.31 bits per heavy atom.